The Kier molecular flexibility index (Phi) is 5.19. The first-order chi connectivity index (χ1) is 8.49. The molecule has 1 N–H and O–H groups in total. The van der Waals surface area contributed by atoms with Crippen molar-refractivity contribution in [2.24, 2.45) is 17.3 Å². The molecular formula is C16H31NO2. The van der Waals surface area contributed by atoms with Crippen molar-refractivity contribution in [2.45, 2.75) is 59.5 Å². The third-order valence-electron chi connectivity index (χ3n) is 4.18. The highest BCUT2D eigenvalue weighted by Crippen LogP contribution is 2.39. The van der Waals surface area contributed by atoms with Gasteiger partial charge in [-0.2, -0.15) is 0 Å². The largest absolute Gasteiger partial charge is 0.389 e. The molecule has 1 aliphatic carbocycles. The zero-order valence-corrected chi connectivity index (χ0v) is 13.5. The van der Waals surface area contributed by atoms with E-state index in [1.54, 1.807) is 0 Å². The van der Waals surface area contributed by atoms with Crippen molar-refractivity contribution in [3.63, 3.8) is 0 Å². The first-order valence-corrected chi connectivity index (χ1v) is 7.42. The van der Waals surface area contributed by atoms with Crippen molar-refractivity contribution in [3.05, 3.63) is 0 Å². The van der Waals surface area contributed by atoms with Gasteiger partial charge in [0.25, 0.3) is 0 Å². The summed E-state index contributed by atoms with van der Waals surface area (Å²) in [5.41, 5.74) is -0.413. The van der Waals surface area contributed by atoms with E-state index in [1.165, 1.54) is 0 Å². The maximum absolute atomic E-state index is 12.1. The molecule has 0 aromatic rings. The number of ketones is 1. The number of hydrogen-bond acceptors (Lipinski definition) is 3. The highest BCUT2D eigenvalue weighted by molar-refractivity contribution is 5.82. The molecule has 1 rings (SSSR count). The van der Waals surface area contributed by atoms with Crippen LogP contribution in [0.15, 0.2) is 0 Å². The molecule has 19 heavy (non-hydrogen) atoms. The fourth-order valence-corrected chi connectivity index (χ4v) is 3.18. The lowest BCUT2D eigenvalue weighted by Gasteiger charge is -2.38. The van der Waals surface area contributed by atoms with Crippen molar-refractivity contribution in [1.82, 2.24) is 4.90 Å². The molecule has 1 aliphatic rings. The van der Waals surface area contributed by atoms with E-state index < -0.39 is 5.60 Å². The SMILES string of the molecule is CN(CC1CC(C(C)(C)C)CCC1=O)CC(C)(C)O. The van der Waals surface area contributed by atoms with Crippen molar-refractivity contribution in [2.75, 3.05) is 20.1 Å². The first kappa shape index (κ1) is 16.6. The normalized spacial score (nSPS) is 26.0. The van der Waals surface area contributed by atoms with E-state index in [9.17, 15) is 9.90 Å². The van der Waals surface area contributed by atoms with Crippen LogP contribution in [0.1, 0.15) is 53.9 Å². The van der Waals surface area contributed by atoms with Gasteiger partial charge < -0.3 is 10.0 Å². The Morgan fingerprint density at radius 1 is 1.26 bits per heavy atom. The van der Waals surface area contributed by atoms with Gasteiger partial charge in [0.15, 0.2) is 0 Å². The van der Waals surface area contributed by atoms with Crippen LogP contribution in [0.25, 0.3) is 0 Å². The van der Waals surface area contributed by atoms with Crippen LogP contribution in [0.4, 0.5) is 0 Å². The van der Waals surface area contributed by atoms with Crippen molar-refractivity contribution >= 4 is 5.78 Å². The molecule has 1 fully saturated rings. The molecule has 1 saturated carbocycles. The Morgan fingerprint density at radius 3 is 2.32 bits per heavy atom. The second kappa shape index (κ2) is 5.92. The number of carbonyl (C=O) groups is 1. The van der Waals surface area contributed by atoms with E-state index >= 15 is 0 Å². The van der Waals surface area contributed by atoms with Gasteiger partial charge in [0, 0.05) is 25.4 Å². The Balaban J connectivity index is 2.58. The summed E-state index contributed by atoms with van der Waals surface area (Å²) in [6, 6.07) is 0. The number of nitrogens with zero attached hydrogens (tertiary/aromatic N) is 1. The fourth-order valence-electron chi connectivity index (χ4n) is 3.18. The van der Waals surface area contributed by atoms with Gasteiger partial charge >= 0.3 is 0 Å². The summed E-state index contributed by atoms with van der Waals surface area (Å²) in [7, 11) is 1.99. The Hall–Kier alpha value is -0.410. The molecule has 0 bridgehead atoms. The average Bonchev–Trinajstić information content (AvgIpc) is 2.16. The van der Waals surface area contributed by atoms with E-state index in [0.29, 0.717) is 18.2 Å². The van der Waals surface area contributed by atoms with Crippen LogP contribution in [-0.4, -0.2) is 41.5 Å². The van der Waals surface area contributed by atoms with E-state index in [2.05, 4.69) is 25.7 Å². The minimum Gasteiger partial charge on any atom is -0.389 e. The Morgan fingerprint density at radius 2 is 1.84 bits per heavy atom. The molecule has 3 nitrogen and oxygen atoms in total. The molecule has 0 radical (unpaired) electrons. The van der Waals surface area contributed by atoms with Gasteiger partial charge in [-0.1, -0.05) is 20.8 Å². The van der Waals surface area contributed by atoms with Crippen molar-refractivity contribution in [1.29, 1.82) is 0 Å². The predicted molar refractivity (Wildman–Crippen MR) is 79.1 cm³/mol. The quantitative estimate of drug-likeness (QED) is 0.853. The lowest BCUT2D eigenvalue weighted by molar-refractivity contribution is -0.127. The third kappa shape index (κ3) is 5.62. The van der Waals surface area contributed by atoms with Crippen LogP contribution in [0.5, 0.6) is 0 Å². The summed E-state index contributed by atoms with van der Waals surface area (Å²) in [6.07, 6.45) is 2.76. The lowest BCUT2D eigenvalue weighted by Crippen LogP contribution is -2.42. The predicted octanol–water partition coefficient (Wildman–Crippen LogP) is 2.72. The number of carbonyl (C=O) groups excluding carboxylic acids is 1. The summed E-state index contributed by atoms with van der Waals surface area (Å²) in [4.78, 5) is 14.2. The zero-order chi connectivity index (χ0) is 14.8. The van der Waals surface area contributed by atoms with Gasteiger partial charge in [0.1, 0.15) is 5.78 Å². The van der Waals surface area contributed by atoms with Gasteiger partial charge in [0.05, 0.1) is 5.60 Å². The number of rotatable bonds is 4. The molecule has 112 valence electrons. The third-order valence-corrected chi connectivity index (χ3v) is 4.18. The maximum Gasteiger partial charge on any atom is 0.137 e. The summed E-state index contributed by atoms with van der Waals surface area (Å²) < 4.78 is 0. The smallest absolute Gasteiger partial charge is 0.137 e. The van der Waals surface area contributed by atoms with Crippen LogP contribution >= 0.6 is 0 Å². The van der Waals surface area contributed by atoms with Crippen LogP contribution in [0, 0.1) is 17.3 Å². The molecule has 0 aromatic heterocycles. The maximum atomic E-state index is 12.1. The second-order valence-electron chi connectivity index (χ2n) is 8.01. The highest BCUT2D eigenvalue weighted by atomic mass is 16.3. The summed E-state index contributed by atoms with van der Waals surface area (Å²) >= 11 is 0. The zero-order valence-electron chi connectivity index (χ0n) is 13.5. The fraction of sp³-hybridized carbons (Fsp3) is 0.938. The molecule has 0 amide bonds. The van der Waals surface area contributed by atoms with E-state index in [0.717, 1.165) is 25.8 Å². The topological polar surface area (TPSA) is 40.5 Å². The van der Waals surface area contributed by atoms with E-state index in [-0.39, 0.29) is 11.3 Å². The van der Waals surface area contributed by atoms with Crippen molar-refractivity contribution < 1.29 is 9.90 Å². The number of aliphatic hydroxyl groups is 1. The molecule has 2 atom stereocenters. The van der Waals surface area contributed by atoms with Crippen LogP contribution in [0.3, 0.4) is 0 Å². The van der Waals surface area contributed by atoms with Crippen LogP contribution in [-0.2, 0) is 4.79 Å². The number of likely N-dealkylation sites (N-methyl/N-ethyl adjacent to an activating group) is 1. The standard InChI is InChI=1S/C16H31NO2/c1-15(2,3)13-7-8-14(18)12(9-13)10-17(6)11-16(4,5)19/h12-13,19H,7-11H2,1-6H3. The highest BCUT2D eigenvalue weighted by Gasteiger charge is 2.35. The van der Waals surface area contributed by atoms with Gasteiger partial charge in [-0.05, 0) is 45.1 Å². The molecular weight excluding hydrogens is 238 g/mol. The molecule has 3 heteroatoms. The minimum absolute atomic E-state index is 0.144. The van der Waals surface area contributed by atoms with Gasteiger partial charge in [0.2, 0.25) is 0 Å². The van der Waals surface area contributed by atoms with E-state index in [1.807, 2.05) is 20.9 Å². The minimum atomic E-state index is -0.699. The Bertz CT molecular complexity index is 312. The van der Waals surface area contributed by atoms with Crippen LogP contribution < -0.4 is 0 Å². The van der Waals surface area contributed by atoms with Gasteiger partial charge in [-0.25, -0.2) is 0 Å². The Labute approximate surface area is 118 Å². The molecule has 0 saturated heterocycles. The van der Waals surface area contributed by atoms with Crippen molar-refractivity contribution in [3.8, 4) is 0 Å². The second-order valence-corrected chi connectivity index (χ2v) is 8.01. The monoisotopic (exact) mass is 269 g/mol. The number of Topliss-reactive ketones (excluding diaryl/α,β-unsaturated/α-hetero) is 1. The van der Waals surface area contributed by atoms with Gasteiger partial charge in [-0.15, -0.1) is 0 Å². The molecule has 0 aromatic carbocycles. The summed E-state index contributed by atoms with van der Waals surface area (Å²) in [6.45, 7) is 11.8. The average molecular weight is 269 g/mol. The lowest BCUT2D eigenvalue weighted by atomic mass is 9.68. The molecule has 0 heterocycles. The van der Waals surface area contributed by atoms with Crippen LogP contribution in [0.2, 0.25) is 0 Å². The molecule has 2 unspecified atom stereocenters. The molecule has 0 spiro atoms. The van der Waals surface area contributed by atoms with E-state index in [4.69, 9.17) is 0 Å². The number of hydrogen-bond donors (Lipinski definition) is 1. The first-order valence-electron chi connectivity index (χ1n) is 7.42. The molecule has 0 aliphatic heterocycles. The summed E-state index contributed by atoms with van der Waals surface area (Å²) in [5.74, 6) is 1.18. The summed E-state index contributed by atoms with van der Waals surface area (Å²) in [5, 5.41) is 9.84. The van der Waals surface area contributed by atoms with Gasteiger partial charge in [-0.3, -0.25) is 4.79 Å².